The van der Waals surface area contributed by atoms with Crippen molar-refractivity contribution in [2.24, 2.45) is 0 Å². The average molecular weight is 329 g/mol. The van der Waals surface area contributed by atoms with Gasteiger partial charge in [0.05, 0.1) is 25.5 Å². The van der Waals surface area contributed by atoms with Crippen molar-refractivity contribution >= 4 is 44.6 Å². The van der Waals surface area contributed by atoms with Gasteiger partial charge in [-0.15, -0.1) is 11.3 Å². The number of nitrogens with one attached hydrogen (secondary N) is 1. The molecule has 114 valence electrons. The topological polar surface area (TPSA) is 73.6 Å². The van der Waals surface area contributed by atoms with E-state index in [-0.39, 0.29) is 5.91 Å². The number of thiophene rings is 1. The van der Waals surface area contributed by atoms with Gasteiger partial charge in [-0.2, -0.15) is 0 Å². The van der Waals surface area contributed by atoms with E-state index in [1.807, 2.05) is 6.07 Å². The van der Waals surface area contributed by atoms with Crippen LogP contribution in [0.25, 0.3) is 10.1 Å². The molecular weight excluding hydrogens is 312 g/mol. The Kier molecular flexibility index (Phi) is 5.81. The van der Waals surface area contributed by atoms with Crippen LogP contribution in [0.3, 0.4) is 0 Å². The number of hydrogen-bond acceptors (Lipinski definition) is 5. The van der Waals surface area contributed by atoms with Gasteiger partial charge in [0.25, 0.3) is 5.91 Å². The molecule has 0 spiro atoms. The van der Waals surface area contributed by atoms with E-state index in [0.717, 1.165) is 10.1 Å². The van der Waals surface area contributed by atoms with Gasteiger partial charge in [-0.3, -0.25) is 4.79 Å². The minimum atomic E-state index is -0.194. The maximum absolute atomic E-state index is 12.1. The van der Waals surface area contributed by atoms with Crippen LogP contribution in [-0.4, -0.2) is 39.4 Å². The number of nitrogen functional groups attached to an aromatic ring is 1. The van der Waals surface area contributed by atoms with Crippen molar-refractivity contribution < 1.29 is 14.3 Å². The van der Waals surface area contributed by atoms with Crippen molar-refractivity contribution in [1.82, 2.24) is 5.32 Å². The Bertz CT molecular complexity index is 630. The van der Waals surface area contributed by atoms with Gasteiger partial charge in [-0.05, 0) is 18.2 Å². The minimum Gasteiger partial charge on any atom is -0.397 e. The third-order valence-corrected chi connectivity index (χ3v) is 4.28. The number of benzene rings is 1. The van der Waals surface area contributed by atoms with Crippen LogP contribution in [0, 0.1) is 0 Å². The monoisotopic (exact) mass is 328 g/mol. The summed E-state index contributed by atoms with van der Waals surface area (Å²) in [7, 11) is 1.61. The molecule has 1 amide bonds. The summed E-state index contributed by atoms with van der Waals surface area (Å²) in [5, 5.41) is 4.20. The average Bonchev–Trinajstić information content (AvgIpc) is 2.79. The number of carbonyl (C=O) groups is 1. The second-order valence-corrected chi connectivity index (χ2v) is 5.84. The second-order valence-electron chi connectivity index (χ2n) is 4.35. The van der Waals surface area contributed by atoms with Crippen molar-refractivity contribution in [3.8, 4) is 0 Å². The van der Waals surface area contributed by atoms with Gasteiger partial charge < -0.3 is 20.5 Å². The minimum absolute atomic E-state index is 0.194. The van der Waals surface area contributed by atoms with Gasteiger partial charge in [0.1, 0.15) is 4.88 Å². The van der Waals surface area contributed by atoms with E-state index >= 15 is 0 Å². The molecule has 1 aromatic heterocycles. The van der Waals surface area contributed by atoms with E-state index in [2.05, 4.69) is 5.32 Å². The standard InChI is InChI=1S/C14H17ClN2O3S/c1-19-6-7-20-5-4-17-14(18)13-12(16)10-8-9(15)2-3-11(10)21-13/h2-3,8H,4-7,16H2,1H3,(H,17,18). The van der Waals surface area contributed by atoms with Crippen LogP contribution in [0.5, 0.6) is 0 Å². The molecule has 0 atom stereocenters. The van der Waals surface area contributed by atoms with Gasteiger partial charge in [0, 0.05) is 28.8 Å². The lowest BCUT2D eigenvalue weighted by Gasteiger charge is -2.05. The lowest BCUT2D eigenvalue weighted by Crippen LogP contribution is -2.27. The highest BCUT2D eigenvalue weighted by Gasteiger charge is 2.16. The van der Waals surface area contributed by atoms with Gasteiger partial charge in [0.2, 0.25) is 0 Å². The third-order valence-electron chi connectivity index (χ3n) is 2.86. The number of halogens is 1. The van der Waals surface area contributed by atoms with Gasteiger partial charge >= 0.3 is 0 Å². The Labute approximate surface area is 132 Å². The number of ether oxygens (including phenoxy) is 2. The first kappa shape index (κ1) is 16.0. The van der Waals surface area contributed by atoms with E-state index in [9.17, 15) is 4.79 Å². The molecule has 0 radical (unpaired) electrons. The zero-order valence-electron chi connectivity index (χ0n) is 11.6. The number of amides is 1. The van der Waals surface area contributed by atoms with Crippen LogP contribution in [0.15, 0.2) is 18.2 Å². The van der Waals surface area contributed by atoms with Crippen LogP contribution in [-0.2, 0) is 9.47 Å². The largest absolute Gasteiger partial charge is 0.397 e. The quantitative estimate of drug-likeness (QED) is 0.766. The molecular formula is C14H17ClN2O3S. The number of fused-ring (bicyclic) bond motifs is 1. The molecule has 7 heteroatoms. The molecule has 5 nitrogen and oxygen atoms in total. The maximum atomic E-state index is 12.1. The summed E-state index contributed by atoms with van der Waals surface area (Å²) >= 11 is 7.30. The molecule has 1 aromatic carbocycles. The first-order valence-corrected chi connectivity index (χ1v) is 7.65. The molecule has 1 heterocycles. The lowest BCUT2D eigenvalue weighted by atomic mass is 10.2. The van der Waals surface area contributed by atoms with E-state index in [1.165, 1.54) is 11.3 Å². The second kappa shape index (κ2) is 7.61. The summed E-state index contributed by atoms with van der Waals surface area (Å²) in [6.45, 7) is 1.91. The molecule has 0 unspecified atom stereocenters. The molecule has 3 N–H and O–H groups in total. The van der Waals surface area contributed by atoms with Gasteiger partial charge in [-0.25, -0.2) is 0 Å². The predicted octanol–water partition coefficient (Wildman–Crippen LogP) is 2.53. The fraction of sp³-hybridized carbons (Fsp3) is 0.357. The van der Waals surface area contributed by atoms with Crippen LogP contribution < -0.4 is 11.1 Å². The molecule has 0 aliphatic carbocycles. The van der Waals surface area contributed by atoms with Crippen molar-refractivity contribution in [2.75, 3.05) is 39.2 Å². The summed E-state index contributed by atoms with van der Waals surface area (Å²) in [6.07, 6.45) is 0. The van der Waals surface area contributed by atoms with Crippen molar-refractivity contribution in [1.29, 1.82) is 0 Å². The first-order chi connectivity index (χ1) is 10.1. The Morgan fingerprint density at radius 2 is 2.19 bits per heavy atom. The molecule has 0 aliphatic heterocycles. The Morgan fingerprint density at radius 1 is 1.38 bits per heavy atom. The zero-order valence-corrected chi connectivity index (χ0v) is 13.2. The van der Waals surface area contributed by atoms with Crippen molar-refractivity contribution in [3.05, 3.63) is 28.1 Å². The normalized spacial score (nSPS) is 11.0. The highest BCUT2D eigenvalue weighted by atomic mass is 35.5. The molecule has 0 aliphatic rings. The van der Waals surface area contributed by atoms with Crippen LogP contribution in [0.4, 0.5) is 5.69 Å². The SMILES string of the molecule is COCCOCCNC(=O)c1sc2ccc(Cl)cc2c1N. The number of hydrogen-bond donors (Lipinski definition) is 2. The Balaban J connectivity index is 1.95. The molecule has 0 fully saturated rings. The fourth-order valence-electron chi connectivity index (χ4n) is 1.82. The number of carbonyl (C=O) groups excluding carboxylic acids is 1. The highest BCUT2D eigenvalue weighted by molar-refractivity contribution is 7.21. The molecule has 2 aromatic rings. The number of nitrogens with two attached hydrogens (primary N) is 1. The van der Waals surface area contributed by atoms with E-state index < -0.39 is 0 Å². The summed E-state index contributed by atoms with van der Waals surface area (Å²) in [5.41, 5.74) is 6.49. The summed E-state index contributed by atoms with van der Waals surface area (Å²) in [6, 6.07) is 5.42. The number of methoxy groups -OCH3 is 1. The Hall–Kier alpha value is -1.34. The van der Waals surface area contributed by atoms with Crippen molar-refractivity contribution in [2.45, 2.75) is 0 Å². The third kappa shape index (κ3) is 4.07. The maximum Gasteiger partial charge on any atom is 0.263 e. The van der Waals surface area contributed by atoms with Crippen molar-refractivity contribution in [3.63, 3.8) is 0 Å². The van der Waals surface area contributed by atoms with Crippen LogP contribution in [0.2, 0.25) is 5.02 Å². The van der Waals surface area contributed by atoms with E-state index in [4.69, 9.17) is 26.8 Å². The van der Waals surface area contributed by atoms with E-state index in [0.29, 0.717) is 42.0 Å². The van der Waals surface area contributed by atoms with Gasteiger partial charge in [0.15, 0.2) is 0 Å². The van der Waals surface area contributed by atoms with Crippen LogP contribution in [0.1, 0.15) is 9.67 Å². The molecule has 21 heavy (non-hydrogen) atoms. The molecule has 0 bridgehead atoms. The number of anilines is 1. The summed E-state index contributed by atoms with van der Waals surface area (Å²) in [4.78, 5) is 12.6. The highest BCUT2D eigenvalue weighted by Crippen LogP contribution is 2.35. The molecule has 2 rings (SSSR count). The zero-order chi connectivity index (χ0) is 15.2. The lowest BCUT2D eigenvalue weighted by molar-refractivity contribution is 0.0693. The smallest absolute Gasteiger partial charge is 0.263 e. The fourth-order valence-corrected chi connectivity index (χ4v) is 3.01. The molecule has 0 saturated carbocycles. The van der Waals surface area contributed by atoms with Gasteiger partial charge in [-0.1, -0.05) is 11.6 Å². The summed E-state index contributed by atoms with van der Waals surface area (Å²) in [5.74, 6) is -0.194. The van der Waals surface area contributed by atoms with Crippen LogP contribution >= 0.6 is 22.9 Å². The Morgan fingerprint density at radius 3 is 2.95 bits per heavy atom. The summed E-state index contributed by atoms with van der Waals surface area (Å²) < 4.78 is 11.1. The number of rotatable bonds is 7. The predicted molar refractivity (Wildman–Crippen MR) is 86.3 cm³/mol. The molecule has 0 saturated heterocycles. The van der Waals surface area contributed by atoms with E-state index in [1.54, 1.807) is 19.2 Å². The first-order valence-electron chi connectivity index (χ1n) is 6.46.